The number of halogens is 3. The molecule has 0 saturated carbocycles. The molecule has 0 fully saturated rings. The first-order valence-electron chi connectivity index (χ1n) is 10.9. The molecule has 37 heavy (non-hydrogen) atoms. The van der Waals surface area contributed by atoms with Gasteiger partial charge in [0.2, 0.25) is 0 Å². The molecule has 0 aliphatic rings. The molecule has 0 saturated heterocycles. The second-order valence-electron chi connectivity index (χ2n) is 7.92. The Morgan fingerprint density at radius 1 is 0.676 bits per heavy atom. The van der Waals surface area contributed by atoms with E-state index in [0.717, 1.165) is 18.2 Å². The number of hydrogen-bond donors (Lipinski definition) is 0. The van der Waals surface area contributed by atoms with Crippen LogP contribution >= 0.6 is 0 Å². The zero-order valence-electron chi connectivity index (χ0n) is 20.1. The maximum Gasteiger partial charge on any atom is 0.338 e. The fourth-order valence-electron chi connectivity index (χ4n) is 2.92. The normalized spacial score (nSPS) is 10.4. The topological polar surface area (TPSA) is 71.1 Å². The van der Waals surface area contributed by atoms with Crippen LogP contribution in [0.3, 0.4) is 0 Å². The highest BCUT2D eigenvalue weighted by atomic mass is 19.1. The van der Waals surface area contributed by atoms with Gasteiger partial charge < -0.3 is 18.9 Å². The lowest BCUT2D eigenvalue weighted by atomic mass is 10.0. The van der Waals surface area contributed by atoms with Crippen molar-refractivity contribution in [3.8, 4) is 34.1 Å². The summed E-state index contributed by atoms with van der Waals surface area (Å²) in [5.74, 6) is -4.42. The number of esters is 2. The fraction of sp³-hybridized carbons (Fsp3) is 0.143. The molecule has 0 radical (unpaired) electrons. The highest BCUT2D eigenvalue weighted by Gasteiger charge is 2.16. The number of benzene rings is 3. The lowest BCUT2D eigenvalue weighted by Crippen LogP contribution is -2.11. The Labute approximate surface area is 211 Å². The summed E-state index contributed by atoms with van der Waals surface area (Å²) in [6.45, 7) is 9.66. The van der Waals surface area contributed by atoms with E-state index in [9.17, 15) is 22.8 Å². The summed E-state index contributed by atoms with van der Waals surface area (Å²) in [6, 6.07) is 11.7. The molecular weight excluding hydrogens is 489 g/mol. The van der Waals surface area contributed by atoms with E-state index in [1.54, 1.807) is 12.1 Å². The van der Waals surface area contributed by atoms with Crippen LogP contribution in [0.1, 0.15) is 13.8 Å². The number of hydrogen-bond acceptors (Lipinski definition) is 6. The van der Waals surface area contributed by atoms with E-state index in [-0.39, 0.29) is 41.2 Å². The second-order valence-corrected chi connectivity index (χ2v) is 7.92. The molecule has 0 heterocycles. The molecule has 0 N–H and O–H groups in total. The Bertz CT molecular complexity index is 1330. The van der Waals surface area contributed by atoms with Crippen LogP contribution in [0.25, 0.3) is 11.1 Å². The number of ether oxygens (including phenoxy) is 4. The minimum atomic E-state index is -0.989. The smallest absolute Gasteiger partial charge is 0.338 e. The third-order valence-electron chi connectivity index (χ3n) is 4.80. The van der Waals surface area contributed by atoms with Crippen molar-refractivity contribution in [3.63, 3.8) is 0 Å². The highest BCUT2D eigenvalue weighted by molar-refractivity contribution is 5.89. The Morgan fingerprint density at radius 2 is 1.19 bits per heavy atom. The van der Waals surface area contributed by atoms with Gasteiger partial charge in [0.15, 0.2) is 29.0 Å². The predicted octanol–water partition coefficient (Wildman–Crippen LogP) is 6.19. The van der Waals surface area contributed by atoms with Crippen molar-refractivity contribution in [1.82, 2.24) is 0 Å². The molecule has 3 rings (SSSR count). The van der Waals surface area contributed by atoms with Crippen LogP contribution in [0.15, 0.2) is 78.9 Å². The van der Waals surface area contributed by atoms with E-state index in [1.165, 1.54) is 38.1 Å². The van der Waals surface area contributed by atoms with Crippen molar-refractivity contribution >= 4 is 11.9 Å². The van der Waals surface area contributed by atoms with Gasteiger partial charge in [-0.3, -0.25) is 0 Å². The molecule has 0 aromatic heterocycles. The molecule has 0 aliphatic carbocycles. The standard InChI is InChI=1S/C28H23F3O6/c1-16(2)27(32)36-21-8-6-20(7-9-21)34-11-12-35-26-23(30)14-19(15-24(26)31)18-5-10-25(22(29)13-18)37-28(33)17(3)4/h5-10,13-15H,1,3,11-12H2,2,4H3. The fourth-order valence-corrected chi connectivity index (χ4v) is 2.92. The Morgan fingerprint density at radius 3 is 1.76 bits per heavy atom. The van der Waals surface area contributed by atoms with Crippen molar-refractivity contribution in [1.29, 1.82) is 0 Å². The third kappa shape index (κ3) is 7.23. The first-order valence-corrected chi connectivity index (χ1v) is 10.9. The van der Waals surface area contributed by atoms with Crippen LogP contribution < -0.4 is 18.9 Å². The largest absolute Gasteiger partial charge is 0.490 e. The van der Waals surface area contributed by atoms with Gasteiger partial charge in [0.05, 0.1) is 0 Å². The van der Waals surface area contributed by atoms with Gasteiger partial charge in [0, 0.05) is 11.1 Å². The average Bonchev–Trinajstić information content (AvgIpc) is 2.84. The van der Waals surface area contributed by atoms with Gasteiger partial charge in [-0.15, -0.1) is 0 Å². The number of carbonyl (C=O) groups excluding carboxylic acids is 2. The summed E-state index contributed by atoms with van der Waals surface area (Å²) in [6.07, 6.45) is 0. The van der Waals surface area contributed by atoms with Crippen molar-refractivity contribution in [3.05, 3.63) is 96.4 Å². The molecular formula is C28H23F3O6. The van der Waals surface area contributed by atoms with Gasteiger partial charge in [0.1, 0.15) is 24.7 Å². The van der Waals surface area contributed by atoms with Gasteiger partial charge in [-0.05, 0) is 73.5 Å². The first kappa shape index (κ1) is 27.1. The monoisotopic (exact) mass is 512 g/mol. The van der Waals surface area contributed by atoms with Crippen molar-refractivity contribution in [2.45, 2.75) is 13.8 Å². The molecule has 3 aromatic carbocycles. The minimum Gasteiger partial charge on any atom is -0.490 e. The lowest BCUT2D eigenvalue weighted by Gasteiger charge is -2.12. The molecule has 0 atom stereocenters. The molecule has 6 nitrogen and oxygen atoms in total. The average molecular weight is 512 g/mol. The Hall–Kier alpha value is -4.53. The third-order valence-corrected chi connectivity index (χ3v) is 4.80. The molecule has 9 heteroatoms. The summed E-state index contributed by atoms with van der Waals surface area (Å²) < 4.78 is 64.1. The van der Waals surface area contributed by atoms with Crippen LogP contribution in [-0.2, 0) is 9.59 Å². The van der Waals surface area contributed by atoms with E-state index >= 15 is 0 Å². The molecule has 0 unspecified atom stereocenters. The van der Waals surface area contributed by atoms with Gasteiger partial charge in [-0.25, -0.2) is 22.8 Å². The zero-order valence-corrected chi connectivity index (χ0v) is 20.1. The van der Waals surface area contributed by atoms with Gasteiger partial charge in [-0.1, -0.05) is 19.2 Å². The van der Waals surface area contributed by atoms with E-state index in [1.807, 2.05) is 0 Å². The number of carbonyl (C=O) groups is 2. The molecule has 3 aromatic rings. The van der Waals surface area contributed by atoms with Crippen LogP contribution in [0.2, 0.25) is 0 Å². The van der Waals surface area contributed by atoms with Gasteiger partial charge >= 0.3 is 11.9 Å². The second kappa shape index (κ2) is 11.9. The number of rotatable bonds is 10. The molecule has 0 bridgehead atoms. The summed E-state index contributed by atoms with van der Waals surface area (Å²) in [4.78, 5) is 23.1. The van der Waals surface area contributed by atoms with Gasteiger partial charge in [-0.2, -0.15) is 0 Å². The Balaban J connectivity index is 1.59. The Kier molecular flexibility index (Phi) is 8.73. The van der Waals surface area contributed by atoms with Crippen LogP contribution in [-0.4, -0.2) is 25.2 Å². The van der Waals surface area contributed by atoms with Crippen molar-refractivity contribution < 1.29 is 41.7 Å². The molecule has 192 valence electrons. The quantitative estimate of drug-likeness (QED) is 0.140. The highest BCUT2D eigenvalue weighted by Crippen LogP contribution is 2.31. The van der Waals surface area contributed by atoms with E-state index in [4.69, 9.17) is 18.9 Å². The maximum atomic E-state index is 14.6. The SMILES string of the molecule is C=C(C)C(=O)Oc1ccc(OCCOc2c(F)cc(-c3ccc(OC(=O)C(=C)C)c(F)c3)cc2F)cc1. The van der Waals surface area contributed by atoms with Crippen LogP contribution in [0.5, 0.6) is 23.0 Å². The summed E-state index contributed by atoms with van der Waals surface area (Å²) >= 11 is 0. The molecule has 0 aliphatic heterocycles. The van der Waals surface area contributed by atoms with Crippen LogP contribution in [0.4, 0.5) is 13.2 Å². The van der Waals surface area contributed by atoms with Crippen LogP contribution in [0, 0.1) is 17.5 Å². The summed E-state index contributed by atoms with van der Waals surface area (Å²) in [7, 11) is 0. The summed E-state index contributed by atoms with van der Waals surface area (Å²) in [5, 5.41) is 0. The summed E-state index contributed by atoms with van der Waals surface area (Å²) in [5.41, 5.74) is 0.574. The van der Waals surface area contributed by atoms with E-state index in [2.05, 4.69) is 13.2 Å². The minimum absolute atomic E-state index is 0.0267. The molecule has 0 amide bonds. The van der Waals surface area contributed by atoms with Gasteiger partial charge in [0.25, 0.3) is 0 Å². The zero-order chi connectivity index (χ0) is 27.1. The van der Waals surface area contributed by atoms with E-state index in [0.29, 0.717) is 11.5 Å². The predicted molar refractivity (Wildman–Crippen MR) is 130 cm³/mol. The molecule has 0 spiro atoms. The first-order chi connectivity index (χ1) is 17.5. The maximum absolute atomic E-state index is 14.6. The van der Waals surface area contributed by atoms with Crippen molar-refractivity contribution in [2.75, 3.05) is 13.2 Å². The van der Waals surface area contributed by atoms with Crippen molar-refractivity contribution in [2.24, 2.45) is 0 Å². The lowest BCUT2D eigenvalue weighted by molar-refractivity contribution is -0.131. The van der Waals surface area contributed by atoms with E-state index < -0.39 is 35.1 Å².